The first kappa shape index (κ1) is 12.5. The molecule has 0 bridgehead atoms. The van der Waals surface area contributed by atoms with Gasteiger partial charge < -0.3 is 0 Å². The van der Waals surface area contributed by atoms with Gasteiger partial charge in [0.25, 0.3) is 0 Å². The monoisotopic (exact) mass is 252 g/mol. The summed E-state index contributed by atoms with van der Waals surface area (Å²) in [4.78, 5) is 0. The van der Waals surface area contributed by atoms with Gasteiger partial charge in [0, 0.05) is 10.8 Å². The molecule has 0 spiro atoms. The number of rotatable bonds is 2. The molecule has 0 aliphatic carbocycles. The molecular formula is C10H8ClF3S. The summed E-state index contributed by atoms with van der Waals surface area (Å²) < 4.78 is 37.5. The second-order valence-corrected chi connectivity index (χ2v) is 3.62. The van der Waals surface area contributed by atoms with Crippen molar-refractivity contribution in [2.45, 2.75) is 6.18 Å². The quantitative estimate of drug-likeness (QED) is 0.746. The van der Waals surface area contributed by atoms with Crippen molar-refractivity contribution >= 4 is 30.3 Å². The molecular weight excluding hydrogens is 245 g/mol. The van der Waals surface area contributed by atoms with Crippen molar-refractivity contribution < 1.29 is 13.2 Å². The molecule has 0 atom stereocenters. The van der Waals surface area contributed by atoms with E-state index in [1.165, 1.54) is 24.3 Å². The molecule has 0 radical (unpaired) electrons. The molecule has 0 aromatic heterocycles. The number of halogens is 4. The van der Waals surface area contributed by atoms with Crippen molar-refractivity contribution in [3.05, 3.63) is 40.4 Å². The zero-order valence-electron chi connectivity index (χ0n) is 7.55. The van der Waals surface area contributed by atoms with E-state index in [1.807, 2.05) is 0 Å². The summed E-state index contributed by atoms with van der Waals surface area (Å²) in [6.45, 7) is 0. The zero-order valence-corrected chi connectivity index (χ0v) is 9.20. The minimum absolute atomic E-state index is 0.0593. The van der Waals surface area contributed by atoms with Crippen LogP contribution in [0.1, 0.15) is 11.1 Å². The standard InChI is InChI=1S/C10H8ClF3S/c11-8-3-4-9(10(12,13)14)7(6-8)2-1-5-15/h1-4,6,15H,5H2. The first-order chi connectivity index (χ1) is 6.95. The molecule has 0 aliphatic rings. The Bertz CT molecular complexity index is 371. The lowest BCUT2D eigenvalue weighted by Crippen LogP contribution is -2.07. The van der Waals surface area contributed by atoms with Crippen LogP contribution in [0.4, 0.5) is 13.2 Å². The molecule has 0 heterocycles. The second-order valence-electron chi connectivity index (χ2n) is 2.81. The highest BCUT2D eigenvalue weighted by Gasteiger charge is 2.32. The van der Waals surface area contributed by atoms with Crippen LogP contribution in [0.25, 0.3) is 6.08 Å². The van der Waals surface area contributed by atoms with Crippen LogP contribution in [0.15, 0.2) is 24.3 Å². The van der Waals surface area contributed by atoms with Crippen molar-refractivity contribution in [3.63, 3.8) is 0 Å². The van der Waals surface area contributed by atoms with Crippen molar-refractivity contribution in [2.24, 2.45) is 0 Å². The van der Waals surface area contributed by atoms with Crippen LogP contribution < -0.4 is 0 Å². The number of thiol groups is 1. The molecule has 1 aromatic carbocycles. The van der Waals surface area contributed by atoms with Crippen LogP contribution in [0.3, 0.4) is 0 Å². The molecule has 0 fully saturated rings. The topological polar surface area (TPSA) is 0 Å². The molecule has 1 rings (SSSR count). The minimum Gasteiger partial charge on any atom is -0.175 e. The van der Waals surface area contributed by atoms with Gasteiger partial charge in [-0.05, 0) is 23.8 Å². The number of alkyl halides is 3. The lowest BCUT2D eigenvalue weighted by Gasteiger charge is -2.10. The maximum atomic E-state index is 12.5. The van der Waals surface area contributed by atoms with E-state index in [0.717, 1.165) is 6.07 Å². The van der Waals surface area contributed by atoms with Crippen LogP contribution >= 0.6 is 24.2 Å². The van der Waals surface area contributed by atoms with Crippen LogP contribution in [0, 0.1) is 0 Å². The Morgan fingerprint density at radius 2 is 2.00 bits per heavy atom. The molecule has 0 saturated heterocycles. The Morgan fingerprint density at radius 1 is 1.33 bits per heavy atom. The number of hydrogen-bond acceptors (Lipinski definition) is 1. The molecule has 0 unspecified atom stereocenters. The average molecular weight is 253 g/mol. The van der Waals surface area contributed by atoms with Gasteiger partial charge in [0.2, 0.25) is 0 Å². The zero-order chi connectivity index (χ0) is 11.5. The summed E-state index contributed by atoms with van der Waals surface area (Å²) in [5, 5.41) is 0.279. The third-order valence-electron chi connectivity index (χ3n) is 1.72. The van der Waals surface area contributed by atoms with Gasteiger partial charge in [-0.2, -0.15) is 25.8 Å². The maximum Gasteiger partial charge on any atom is 0.416 e. The molecule has 5 heteroatoms. The van der Waals surface area contributed by atoms with Gasteiger partial charge in [0.05, 0.1) is 5.56 Å². The molecule has 1 aromatic rings. The predicted octanol–water partition coefficient (Wildman–Crippen LogP) is 4.30. The van der Waals surface area contributed by atoms with Crippen LogP contribution in [-0.4, -0.2) is 5.75 Å². The van der Waals surface area contributed by atoms with E-state index < -0.39 is 11.7 Å². The van der Waals surface area contributed by atoms with E-state index in [2.05, 4.69) is 12.6 Å². The van der Waals surface area contributed by atoms with Gasteiger partial charge in [-0.3, -0.25) is 0 Å². The van der Waals surface area contributed by atoms with Crippen LogP contribution in [-0.2, 0) is 6.18 Å². The van der Waals surface area contributed by atoms with Gasteiger partial charge in [0.15, 0.2) is 0 Å². The fraction of sp³-hybridized carbons (Fsp3) is 0.200. The van der Waals surface area contributed by atoms with Crippen molar-refractivity contribution in [1.29, 1.82) is 0 Å². The summed E-state index contributed by atoms with van der Waals surface area (Å²) in [7, 11) is 0. The van der Waals surface area contributed by atoms with Gasteiger partial charge in [-0.1, -0.05) is 23.8 Å². The van der Waals surface area contributed by atoms with E-state index >= 15 is 0 Å². The van der Waals surface area contributed by atoms with Gasteiger partial charge in [-0.25, -0.2) is 0 Å². The Labute approximate surface area is 96.2 Å². The van der Waals surface area contributed by atoms with E-state index in [4.69, 9.17) is 11.6 Å². The van der Waals surface area contributed by atoms with Crippen LogP contribution in [0.2, 0.25) is 5.02 Å². The van der Waals surface area contributed by atoms with Crippen LogP contribution in [0.5, 0.6) is 0 Å². The molecule has 0 aliphatic heterocycles. The Hall–Kier alpha value is -0.610. The molecule has 15 heavy (non-hydrogen) atoms. The third-order valence-corrected chi connectivity index (χ3v) is 2.17. The molecule has 0 saturated carbocycles. The molecule has 82 valence electrons. The third kappa shape index (κ3) is 3.47. The highest BCUT2D eigenvalue weighted by Crippen LogP contribution is 2.33. The normalized spacial score (nSPS) is 12.3. The lowest BCUT2D eigenvalue weighted by atomic mass is 10.1. The minimum atomic E-state index is -4.36. The highest BCUT2D eigenvalue weighted by molar-refractivity contribution is 7.80. The van der Waals surface area contributed by atoms with Crippen molar-refractivity contribution in [3.8, 4) is 0 Å². The number of benzene rings is 1. The number of hydrogen-bond donors (Lipinski definition) is 1. The van der Waals surface area contributed by atoms with Crippen molar-refractivity contribution in [2.75, 3.05) is 5.75 Å². The van der Waals surface area contributed by atoms with E-state index in [9.17, 15) is 13.2 Å². The molecule has 0 amide bonds. The van der Waals surface area contributed by atoms with E-state index in [1.54, 1.807) is 0 Å². The largest absolute Gasteiger partial charge is 0.416 e. The summed E-state index contributed by atoms with van der Waals surface area (Å²) >= 11 is 9.51. The summed E-state index contributed by atoms with van der Waals surface area (Å²) in [5.74, 6) is 0.379. The average Bonchev–Trinajstić information content (AvgIpc) is 2.12. The highest BCUT2D eigenvalue weighted by atomic mass is 35.5. The lowest BCUT2D eigenvalue weighted by molar-refractivity contribution is -0.137. The summed E-state index contributed by atoms with van der Waals surface area (Å²) in [6, 6.07) is 3.48. The van der Waals surface area contributed by atoms with Gasteiger partial charge in [0.1, 0.15) is 0 Å². The fourth-order valence-electron chi connectivity index (χ4n) is 1.11. The first-order valence-corrected chi connectivity index (χ1v) is 5.10. The van der Waals surface area contributed by atoms with E-state index in [-0.39, 0.29) is 10.6 Å². The predicted molar refractivity (Wildman–Crippen MR) is 59.3 cm³/mol. The Balaban J connectivity index is 3.21. The van der Waals surface area contributed by atoms with Gasteiger partial charge >= 0.3 is 6.18 Å². The Morgan fingerprint density at radius 3 is 2.53 bits per heavy atom. The first-order valence-electron chi connectivity index (χ1n) is 4.09. The molecule has 0 N–H and O–H groups in total. The fourth-order valence-corrected chi connectivity index (χ4v) is 1.40. The summed E-state index contributed by atoms with van der Waals surface area (Å²) in [5.41, 5.74) is -0.631. The maximum absolute atomic E-state index is 12.5. The second kappa shape index (κ2) is 4.94. The smallest absolute Gasteiger partial charge is 0.175 e. The van der Waals surface area contributed by atoms with Gasteiger partial charge in [-0.15, -0.1) is 0 Å². The summed E-state index contributed by atoms with van der Waals surface area (Å²) in [6.07, 6.45) is -1.47. The van der Waals surface area contributed by atoms with E-state index in [0.29, 0.717) is 5.75 Å². The van der Waals surface area contributed by atoms with Crippen molar-refractivity contribution in [1.82, 2.24) is 0 Å². The Kier molecular flexibility index (Phi) is 4.11. The SMILES string of the molecule is FC(F)(F)c1ccc(Cl)cc1C=CCS. The molecule has 0 nitrogen and oxygen atoms in total.